The molecule has 2 amide bonds. The topological polar surface area (TPSA) is 83.8 Å². The zero-order valence-electron chi connectivity index (χ0n) is 15.0. The van der Waals surface area contributed by atoms with Gasteiger partial charge in [0.2, 0.25) is 0 Å². The first kappa shape index (κ1) is 17.7. The average Bonchev–Trinajstić information content (AvgIpc) is 3.27. The van der Waals surface area contributed by atoms with E-state index < -0.39 is 11.8 Å². The molecule has 0 radical (unpaired) electrons. The Kier molecular flexibility index (Phi) is 4.54. The number of nitrogens with zero attached hydrogens (tertiary/aromatic N) is 2. The van der Waals surface area contributed by atoms with Crippen LogP contribution < -0.4 is 10.9 Å². The van der Waals surface area contributed by atoms with E-state index >= 15 is 0 Å². The van der Waals surface area contributed by atoms with E-state index in [1.807, 2.05) is 66.2 Å². The van der Waals surface area contributed by atoms with Crippen LogP contribution in [0.1, 0.15) is 20.8 Å². The Bertz CT molecular complexity index is 1240. The molecule has 0 saturated heterocycles. The number of fused-ring (bicyclic) bond motifs is 1. The molecule has 2 heterocycles. The van der Waals surface area contributed by atoms with Gasteiger partial charge in [-0.3, -0.25) is 25.0 Å². The van der Waals surface area contributed by atoms with Crippen molar-refractivity contribution in [2.75, 3.05) is 0 Å². The number of benzene rings is 2. The summed E-state index contributed by atoms with van der Waals surface area (Å²) >= 11 is 5.28. The Hall–Kier alpha value is -3.65. The predicted octanol–water partition coefficient (Wildman–Crippen LogP) is 3.10. The van der Waals surface area contributed by atoms with Crippen LogP contribution in [-0.2, 0) is 7.05 Å². The number of carbonyl (C=O) groups is 2. The highest BCUT2D eigenvalue weighted by atomic mass is 32.1. The molecule has 0 aliphatic rings. The summed E-state index contributed by atoms with van der Waals surface area (Å²) in [5.74, 6) is -0.879. The lowest BCUT2D eigenvalue weighted by molar-refractivity contribution is 0.0843. The normalized spacial score (nSPS) is 10.8. The highest BCUT2D eigenvalue weighted by molar-refractivity contribution is 7.71. The van der Waals surface area contributed by atoms with E-state index in [9.17, 15) is 9.59 Å². The van der Waals surface area contributed by atoms with Crippen LogP contribution in [0.5, 0.6) is 0 Å². The van der Waals surface area contributed by atoms with Crippen molar-refractivity contribution in [1.29, 1.82) is 0 Å². The van der Waals surface area contributed by atoms with E-state index in [0.717, 1.165) is 16.6 Å². The number of para-hydroxylation sites is 2. The summed E-state index contributed by atoms with van der Waals surface area (Å²) in [7, 11) is 1.87. The molecule has 2 aromatic heterocycles. The smallest absolute Gasteiger partial charge is 0.288 e. The van der Waals surface area contributed by atoms with E-state index in [1.54, 1.807) is 10.8 Å². The lowest BCUT2D eigenvalue weighted by atomic mass is 10.2. The number of hydrogen-bond donors (Lipinski definition) is 3. The minimum absolute atomic E-state index is 0.286. The van der Waals surface area contributed by atoms with Gasteiger partial charge in [-0.2, -0.15) is 0 Å². The first-order valence-electron chi connectivity index (χ1n) is 8.57. The van der Waals surface area contributed by atoms with Crippen LogP contribution in [0.25, 0.3) is 16.6 Å². The van der Waals surface area contributed by atoms with Crippen molar-refractivity contribution >= 4 is 34.9 Å². The van der Waals surface area contributed by atoms with Gasteiger partial charge in [0.25, 0.3) is 11.8 Å². The van der Waals surface area contributed by atoms with Crippen LogP contribution in [0.4, 0.5) is 0 Å². The average molecular weight is 391 g/mol. The zero-order valence-corrected chi connectivity index (χ0v) is 15.8. The quantitative estimate of drug-likeness (QED) is 0.371. The van der Waals surface area contributed by atoms with E-state index in [4.69, 9.17) is 12.2 Å². The van der Waals surface area contributed by atoms with Crippen LogP contribution in [0.3, 0.4) is 0 Å². The van der Waals surface area contributed by atoms with E-state index in [0.29, 0.717) is 10.3 Å². The van der Waals surface area contributed by atoms with Gasteiger partial charge >= 0.3 is 0 Å². The van der Waals surface area contributed by atoms with Crippen LogP contribution in [0.2, 0.25) is 0 Å². The molecular formula is C20H17N5O2S. The molecule has 7 nitrogen and oxygen atoms in total. The van der Waals surface area contributed by atoms with Crippen LogP contribution >= 0.6 is 12.2 Å². The maximum absolute atomic E-state index is 12.6. The molecule has 0 saturated carbocycles. The maximum atomic E-state index is 12.6. The Balaban J connectivity index is 1.56. The molecule has 0 unspecified atom stereocenters. The molecule has 2 aromatic carbocycles. The van der Waals surface area contributed by atoms with Gasteiger partial charge in [0.15, 0.2) is 4.77 Å². The molecule has 4 rings (SSSR count). The number of aryl methyl sites for hydroxylation is 1. The number of imidazole rings is 1. The van der Waals surface area contributed by atoms with E-state index in [2.05, 4.69) is 15.8 Å². The van der Waals surface area contributed by atoms with Gasteiger partial charge in [-0.25, -0.2) is 0 Å². The third-order valence-corrected chi connectivity index (χ3v) is 4.75. The SMILES string of the molecule is Cn1cc(C(=O)NNC(=O)c2c[nH]c(=S)n2-c2ccccc2)c2ccccc21. The summed E-state index contributed by atoms with van der Waals surface area (Å²) in [6.45, 7) is 0. The van der Waals surface area contributed by atoms with Crippen molar-refractivity contribution in [3.63, 3.8) is 0 Å². The van der Waals surface area contributed by atoms with Crippen LogP contribution in [-0.4, -0.2) is 25.9 Å². The van der Waals surface area contributed by atoms with Gasteiger partial charge in [0.1, 0.15) is 5.69 Å². The second kappa shape index (κ2) is 7.16. The number of rotatable bonds is 3. The second-order valence-electron chi connectivity index (χ2n) is 6.23. The predicted molar refractivity (Wildman–Crippen MR) is 109 cm³/mol. The highest BCUT2D eigenvalue weighted by Crippen LogP contribution is 2.20. The summed E-state index contributed by atoms with van der Waals surface area (Å²) < 4.78 is 3.86. The number of nitrogens with one attached hydrogen (secondary N) is 3. The van der Waals surface area contributed by atoms with E-state index in [1.165, 1.54) is 6.20 Å². The van der Waals surface area contributed by atoms with Crippen molar-refractivity contribution in [2.24, 2.45) is 7.05 Å². The number of hydrazine groups is 1. The van der Waals surface area contributed by atoms with Gasteiger partial charge < -0.3 is 9.55 Å². The maximum Gasteiger partial charge on any atom is 0.288 e. The van der Waals surface area contributed by atoms with Crippen LogP contribution in [0.15, 0.2) is 67.0 Å². The third kappa shape index (κ3) is 3.10. The monoisotopic (exact) mass is 391 g/mol. The molecule has 0 aliphatic carbocycles. The Morgan fingerprint density at radius 3 is 2.43 bits per heavy atom. The fourth-order valence-electron chi connectivity index (χ4n) is 3.14. The number of aromatic nitrogens is 3. The minimum atomic E-state index is -0.482. The van der Waals surface area contributed by atoms with Crippen LogP contribution in [0, 0.1) is 4.77 Å². The van der Waals surface area contributed by atoms with Crippen molar-refractivity contribution in [1.82, 2.24) is 25.0 Å². The number of H-pyrrole nitrogens is 1. The zero-order chi connectivity index (χ0) is 19.7. The highest BCUT2D eigenvalue weighted by Gasteiger charge is 2.17. The summed E-state index contributed by atoms with van der Waals surface area (Å²) in [6.07, 6.45) is 3.24. The van der Waals surface area contributed by atoms with Crippen molar-refractivity contribution in [2.45, 2.75) is 0 Å². The second-order valence-corrected chi connectivity index (χ2v) is 6.62. The molecule has 140 valence electrons. The van der Waals surface area contributed by atoms with Gasteiger partial charge in [-0.1, -0.05) is 36.4 Å². The molecule has 0 aliphatic heterocycles. The number of hydrogen-bond acceptors (Lipinski definition) is 3. The van der Waals surface area contributed by atoms with Gasteiger partial charge in [0.05, 0.1) is 5.56 Å². The number of aromatic amines is 1. The Morgan fingerprint density at radius 2 is 1.64 bits per heavy atom. The summed E-state index contributed by atoms with van der Waals surface area (Å²) in [5, 5.41) is 0.811. The third-order valence-electron chi connectivity index (χ3n) is 4.45. The first-order valence-corrected chi connectivity index (χ1v) is 8.97. The number of carbonyl (C=O) groups excluding carboxylic acids is 2. The standard InChI is InChI=1S/C20H17N5O2S/c1-24-12-15(14-9-5-6-10-16(14)24)18(26)22-23-19(27)17-11-21-20(28)25(17)13-7-3-2-4-8-13/h2-12H,1H3,(H,21,28)(H,22,26)(H,23,27). The van der Waals surface area contributed by atoms with Crippen molar-refractivity contribution < 1.29 is 9.59 Å². The first-order chi connectivity index (χ1) is 13.6. The van der Waals surface area contributed by atoms with Gasteiger partial charge in [-0.15, -0.1) is 0 Å². The molecule has 28 heavy (non-hydrogen) atoms. The molecule has 0 fully saturated rings. The van der Waals surface area contributed by atoms with Gasteiger partial charge in [-0.05, 0) is 30.4 Å². The molecule has 0 atom stereocenters. The summed E-state index contributed by atoms with van der Waals surface area (Å²) in [4.78, 5) is 28.1. The lowest BCUT2D eigenvalue weighted by Crippen LogP contribution is -2.42. The molecule has 0 bridgehead atoms. The fraction of sp³-hybridized carbons (Fsp3) is 0.0500. The largest absolute Gasteiger partial charge is 0.350 e. The molecule has 4 aromatic rings. The molecular weight excluding hydrogens is 374 g/mol. The van der Waals surface area contributed by atoms with Crippen molar-refractivity contribution in [3.05, 3.63) is 83.0 Å². The van der Waals surface area contributed by atoms with E-state index in [-0.39, 0.29) is 5.69 Å². The molecule has 0 spiro atoms. The lowest BCUT2D eigenvalue weighted by Gasteiger charge is -2.10. The molecule has 3 N–H and O–H groups in total. The Morgan fingerprint density at radius 1 is 0.964 bits per heavy atom. The number of amides is 2. The fourth-order valence-corrected chi connectivity index (χ4v) is 3.40. The summed E-state index contributed by atoms with van der Waals surface area (Å²) in [6, 6.07) is 16.8. The molecule has 8 heteroatoms. The minimum Gasteiger partial charge on any atom is -0.350 e. The van der Waals surface area contributed by atoms with Crippen molar-refractivity contribution in [3.8, 4) is 5.69 Å². The Labute approximate surface area is 165 Å². The van der Waals surface area contributed by atoms with Gasteiger partial charge in [0, 0.05) is 36.0 Å². The summed E-state index contributed by atoms with van der Waals surface area (Å²) in [5.41, 5.74) is 7.38.